The molecule has 0 atom stereocenters. The number of carbonyl (C=O) groups is 1. The van der Waals surface area contributed by atoms with Crippen LogP contribution in [0.3, 0.4) is 0 Å². The Morgan fingerprint density at radius 2 is 1.63 bits per heavy atom. The van der Waals surface area contributed by atoms with Crippen LogP contribution in [0.25, 0.3) is 0 Å². The average Bonchev–Trinajstić information content (AvgIpc) is 3.47. The van der Waals surface area contributed by atoms with Gasteiger partial charge < -0.3 is 23.8 Å². The molecule has 0 saturated carbocycles. The Hall–Kier alpha value is -4.17. The number of anilines is 1. The zero-order valence-electron chi connectivity index (χ0n) is 23.5. The van der Waals surface area contributed by atoms with E-state index in [0.717, 1.165) is 23.8 Å². The SMILES string of the molecule is COc1ccc(S(=O)(=O)N(CC(=O)N2CCN(Cc3ccc4c(c3)OCO4)CC2)c2cccc(C(F)(F)F)c2)cc1OC. The molecule has 14 heteroatoms. The van der Waals surface area contributed by atoms with E-state index in [1.54, 1.807) is 0 Å². The number of rotatable bonds is 9. The number of nitrogens with zero attached hydrogens (tertiary/aromatic N) is 3. The molecule has 3 aromatic carbocycles. The van der Waals surface area contributed by atoms with E-state index in [4.69, 9.17) is 18.9 Å². The third-order valence-electron chi connectivity index (χ3n) is 7.25. The number of carbonyl (C=O) groups excluding carboxylic acids is 1. The normalized spacial score (nSPS) is 15.3. The van der Waals surface area contributed by atoms with Crippen LogP contribution in [0.5, 0.6) is 23.0 Å². The summed E-state index contributed by atoms with van der Waals surface area (Å²) in [6, 6.07) is 13.4. The monoisotopic (exact) mass is 621 g/mol. The molecule has 1 saturated heterocycles. The third-order valence-corrected chi connectivity index (χ3v) is 9.02. The van der Waals surface area contributed by atoms with Crippen molar-refractivity contribution in [3.63, 3.8) is 0 Å². The maximum Gasteiger partial charge on any atom is 0.416 e. The van der Waals surface area contributed by atoms with E-state index in [1.165, 1.54) is 43.4 Å². The van der Waals surface area contributed by atoms with Crippen LogP contribution in [-0.2, 0) is 27.5 Å². The largest absolute Gasteiger partial charge is 0.493 e. The first-order valence-corrected chi connectivity index (χ1v) is 14.7. The highest BCUT2D eigenvalue weighted by molar-refractivity contribution is 7.92. The van der Waals surface area contributed by atoms with Gasteiger partial charge >= 0.3 is 6.18 Å². The first kappa shape index (κ1) is 30.3. The van der Waals surface area contributed by atoms with Crippen LogP contribution in [0.1, 0.15) is 11.1 Å². The van der Waals surface area contributed by atoms with Crippen molar-refractivity contribution in [1.29, 1.82) is 0 Å². The van der Waals surface area contributed by atoms with Crippen molar-refractivity contribution in [3.05, 3.63) is 71.8 Å². The van der Waals surface area contributed by atoms with Gasteiger partial charge in [-0.3, -0.25) is 14.0 Å². The smallest absolute Gasteiger partial charge is 0.416 e. The summed E-state index contributed by atoms with van der Waals surface area (Å²) in [7, 11) is -1.80. The van der Waals surface area contributed by atoms with Crippen LogP contribution in [0, 0.1) is 0 Å². The number of methoxy groups -OCH3 is 2. The first-order valence-electron chi connectivity index (χ1n) is 13.3. The van der Waals surface area contributed by atoms with Gasteiger partial charge in [0.1, 0.15) is 6.54 Å². The Morgan fingerprint density at radius 1 is 0.907 bits per heavy atom. The minimum Gasteiger partial charge on any atom is -0.493 e. The van der Waals surface area contributed by atoms with E-state index in [9.17, 15) is 26.4 Å². The molecule has 0 unspecified atom stereocenters. The van der Waals surface area contributed by atoms with Gasteiger partial charge in [0.15, 0.2) is 23.0 Å². The lowest BCUT2D eigenvalue weighted by molar-refractivity contribution is -0.137. The molecular formula is C29H30F3N3O7S. The van der Waals surface area contributed by atoms with Crippen LogP contribution >= 0.6 is 0 Å². The summed E-state index contributed by atoms with van der Waals surface area (Å²) in [5, 5.41) is 0. The number of hydrogen-bond acceptors (Lipinski definition) is 8. The lowest BCUT2D eigenvalue weighted by Gasteiger charge is -2.36. The van der Waals surface area contributed by atoms with Gasteiger partial charge in [-0.1, -0.05) is 12.1 Å². The summed E-state index contributed by atoms with van der Waals surface area (Å²) in [5.41, 5.74) is -0.317. The maximum atomic E-state index is 13.9. The van der Waals surface area contributed by atoms with Gasteiger partial charge in [0.25, 0.3) is 10.0 Å². The number of halogens is 3. The molecule has 10 nitrogen and oxygen atoms in total. The molecule has 5 rings (SSSR count). The quantitative estimate of drug-likeness (QED) is 0.354. The second-order valence-corrected chi connectivity index (χ2v) is 11.8. The highest BCUT2D eigenvalue weighted by Gasteiger charge is 2.35. The first-order chi connectivity index (χ1) is 20.5. The summed E-state index contributed by atoms with van der Waals surface area (Å²) in [6.07, 6.45) is -4.72. The fourth-order valence-corrected chi connectivity index (χ4v) is 6.35. The lowest BCUT2D eigenvalue weighted by Crippen LogP contribution is -2.51. The van der Waals surface area contributed by atoms with Crippen molar-refractivity contribution in [2.75, 3.05) is 58.0 Å². The fraction of sp³-hybridized carbons (Fsp3) is 0.345. The summed E-state index contributed by atoms with van der Waals surface area (Å²) < 4.78 is 90.3. The van der Waals surface area contributed by atoms with Gasteiger partial charge in [-0.15, -0.1) is 0 Å². The van der Waals surface area contributed by atoms with Crippen LogP contribution in [0.15, 0.2) is 65.6 Å². The Balaban J connectivity index is 1.35. The predicted octanol–water partition coefficient (Wildman–Crippen LogP) is 3.99. The molecule has 0 N–H and O–H groups in total. The van der Waals surface area contributed by atoms with Crippen molar-refractivity contribution in [2.45, 2.75) is 17.6 Å². The second-order valence-electron chi connectivity index (χ2n) is 9.92. The van der Waals surface area contributed by atoms with Crippen LogP contribution < -0.4 is 23.3 Å². The molecule has 2 heterocycles. The molecule has 230 valence electrons. The number of benzene rings is 3. The molecule has 1 fully saturated rings. The second kappa shape index (κ2) is 12.2. The third kappa shape index (κ3) is 6.59. The maximum absolute atomic E-state index is 13.9. The molecule has 0 aromatic heterocycles. The Labute approximate surface area is 247 Å². The predicted molar refractivity (Wildman–Crippen MR) is 150 cm³/mol. The molecule has 43 heavy (non-hydrogen) atoms. The van der Waals surface area contributed by atoms with Crippen LogP contribution in [0.2, 0.25) is 0 Å². The number of sulfonamides is 1. The van der Waals surface area contributed by atoms with Gasteiger partial charge in [-0.05, 0) is 48.0 Å². The van der Waals surface area contributed by atoms with Crippen molar-refractivity contribution in [1.82, 2.24) is 9.80 Å². The van der Waals surface area contributed by atoms with Crippen molar-refractivity contribution >= 4 is 21.6 Å². The highest BCUT2D eigenvalue weighted by atomic mass is 32.2. The summed E-state index contributed by atoms with van der Waals surface area (Å²) in [5.74, 6) is 1.20. The van der Waals surface area contributed by atoms with Gasteiger partial charge in [0, 0.05) is 38.8 Å². The minimum absolute atomic E-state index is 0.109. The van der Waals surface area contributed by atoms with Gasteiger partial charge in [-0.25, -0.2) is 8.42 Å². The standard InChI is InChI=1S/C29H30F3N3O7S/c1-39-24-9-7-23(16-26(24)40-2)43(37,38)35(22-5-3-4-21(15-22)29(30,31)32)18-28(36)34-12-10-33(11-13-34)17-20-6-8-25-27(14-20)42-19-41-25/h3-9,14-16H,10-13,17-19H2,1-2H3. The minimum atomic E-state index is -4.72. The highest BCUT2D eigenvalue weighted by Crippen LogP contribution is 2.36. The van der Waals surface area contributed by atoms with Crippen molar-refractivity contribution < 1.29 is 45.3 Å². The topological polar surface area (TPSA) is 97.9 Å². The zero-order chi connectivity index (χ0) is 30.8. The molecule has 0 bridgehead atoms. The molecular weight excluding hydrogens is 591 g/mol. The Kier molecular flexibility index (Phi) is 8.60. The number of amides is 1. The summed E-state index contributed by atoms with van der Waals surface area (Å²) in [6.45, 7) is 1.77. The number of piperazine rings is 1. The van der Waals surface area contributed by atoms with Gasteiger partial charge in [0.05, 0.1) is 30.4 Å². The fourth-order valence-electron chi connectivity index (χ4n) is 4.93. The van der Waals surface area contributed by atoms with E-state index >= 15 is 0 Å². The Morgan fingerprint density at radius 3 is 2.33 bits per heavy atom. The van der Waals surface area contributed by atoms with Crippen molar-refractivity contribution in [2.24, 2.45) is 0 Å². The molecule has 0 spiro atoms. The van der Waals surface area contributed by atoms with Gasteiger partial charge in [-0.2, -0.15) is 13.2 Å². The zero-order valence-corrected chi connectivity index (χ0v) is 24.3. The molecule has 1 amide bonds. The molecule has 0 radical (unpaired) electrons. The number of hydrogen-bond donors (Lipinski definition) is 0. The molecule has 2 aliphatic rings. The van der Waals surface area contributed by atoms with E-state index in [0.29, 0.717) is 48.5 Å². The average molecular weight is 622 g/mol. The number of ether oxygens (including phenoxy) is 4. The van der Waals surface area contributed by atoms with Crippen molar-refractivity contribution in [3.8, 4) is 23.0 Å². The summed E-state index contributed by atoms with van der Waals surface area (Å²) in [4.78, 5) is 16.8. The van der Waals surface area contributed by atoms with Crippen LogP contribution in [-0.4, -0.2) is 77.9 Å². The number of alkyl halides is 3. The van der Waals surface area contributed by atoms with E-state index in [-0.39, 0.29) is 28.9 Å². The molecule has 3 aromatic rings. The van der Waals surface area contributed by atoms with E-state index < -0.39 is 34.2 Å². The van der Waals surface area contributed by atoms with Crippen LogP contribution in [0.4, 0.5) is 18.9 Å². The van der Waals surface area contributed by atoms with Gasteiger partial charge in [0.2, 0.25) is 12.7 Å². The molecule has 2 aliphatic heterocycles. The van der Waals surface area contributed by atoms with E-state index in [1.807, 2.05) is 18.2 Å². The molecule has 0 aliphatic carbocycles. The Bertz CT molecular complexity index is 1590. The number of fused-ring (bicyclic) bond motifs is 1. The summed E-state index contributed by atoms with van der Waals surface area (Å²) >= 11 is 0. The lowest BCUT2D eigenvalue weighted by atomic mass is 10.1. The van der Waals surface area contributed by atoms with E-state index in [2.05, 4.69) is 4.90 Å².